The smallest absolute Gasteiger partial charge is 0.125 e. The summed E-state index contributed by atoms with van der Waals surface area (Å²) in [6.45, 7) is 1.94. The van der Waals surface area contributed by atoms with E-state index in [9.17, 15) is 0 Å². The number of rotatable bonds is 3. The Labute approximate surface area is 104 Å². The van der Waals surface area contributed by atoms with Crippen molar-refractivity contribution in [2.75, 3.05) is 0 Å². The van der Waals surface area contributed by atoms with Gasteiger partial charge in [0.15, 0.2) is 0 Å². The summed E-state index contributed by atoms with van der Waals surface area (Å²) >= 11 is 1.46. The van der Waals surface area contributed by atoms with E-state index in [2.05, 4.69) is 10.1 Å². The molecular weight excluding hydrogens is 234 g/mol. The summed E-state index contributed by atoms with van der Waals surface area (Å²) in [5.41, 5.74) is 7.12. The SMILES string of the molecule is Cc1cc(Sc2ncccc2C(=N)N)n(C)n1. The number of pyridine rings is 1. The Balaban J connectivity index is 2.36. The van der Waals surface area contributed by atoms with Gasteiger partial charge in [-0.3, -0.25) is 10.1 Å². The molecule has 0 aromatic carbocycles. The van der Waals surface area contributed by atoms with Crippen LogP contribution in [0.3, 0.4) is 0 Å². The van der Waals surface area contributed by atoms with Crippen LogP contribution in [0.1, 0.15) is 11.3 Å². The van der Waals surface area contributed by atoms with Crippen LogP contribution in [-0.4, -0.2) is 20.6 Å². The number of aromatic nitrogens is 3. The van der Waals surface area contributed by atoms with Crippen LogP contribution in [-0.2, 0) is 7.05 Å². The van der Waals surface area contributed by atoms with Gasteiger partial charge >= 0.3 is 0 Å². The number of hydrogen-bond donors (Lipinski definition) is 2. The summed E-state index contributed by atoms with van der Waals surface area (Å²) in [7, 11) is 1.88. The number of amidine groups is 1. The van der Waals surface area contributed by atoms with Gasteiger partial charge in [-0.05, 0) is 36.9 Å². The zero-order valence-corrected chi connectivity index (χ0v) is 10.5. The number of nitrogen functional groups attached to an aromatic ring is 1. The van der Waals surface area contributed by atoms with Crippen molar-refractivity contribution in [3.05, 3.63) is 35.7 Å². The fourth-order valence-corrected chi connectivity index (χ4v) is 2.46. The molecule has 0 unspecified atom stereocenters. The van der Waals surface area contributed by atoms with Gasteiger partial charge in [0.05, 0.1) is 5.69 Å². The molecule has 0 saturated carbocycles. The maximum absolute atomic E-state index is 7.50. The number of aryl methyl sites for hydroxylation is 2. The zero-order valence-electron chi connectivity index (χ0n) is 9.64. The molecule has 5 nitrogen and oxygen atoms in total. The van der Waals surface area contributed by atoms with Gasteiger partial charge in [0.2, 0.25) is 0 Å². The number of nitrogens with zero attached hydrogens (tertiary/aromatic N) is 3. The average Bonchev–Trinajstić information content (AvgIpc) is 2.58. The van der Waals surface area contributed by atoms with Gasteiger partial charge in [-0.25, -0.2) is 4.98 Å². The topological polar surface area (TPSA) is 80.6 Å². The molecule has 0 aliphatic heterocycles. The zero-order chi connectivity index (χ0) is 12.4. The normalized spacial score (nSPS) is 10.5. The molecule has 17 heavy (non-hydrogen) atoms. The van der Waals surface area contributed by atoms with Gasteiger partial charge < -0.3 is 5.73 Å². The van der Waals surface area contributed by atoms with Crippen molar-refractivity contribution in [1.82, 2.24) is 14.8 Å². The number of hydrogen-bond acceptors (Lipinski definition) is 4. The highest BCUT2D eigenvalue weighted by Crippen LogP contribution is 2.28. The lowest BCUT2D eigenvalue weighted by molar-refractivity contribution is 0.692. The maximum Gasteiger partial charge on any atom is 0.125 e. The number of nitrogens with two attached hydrogens (primary N) is 1. The lowest BCUT2D eigenvalue weighted by atomic mass is 10.3. The van der Waals surface area contributed by atoms with E-state index in [1.807, 2.05) is 20.0 Å². The molecule has 0 spiro atoms. The molecule has 0 bridgehead atoms. The largest absolute Gasteiger partial charge is 0.384 e. The Kier molecular flexibility index (Phi) is 3.14. The second-order valence-electron chi connectivity index (χ2n) is 3.62. The van der Waals surface area contributed by atoms with Crippen molar-refractivity contribution in [1.29, 1.82) is 5.41 Å². The van der Waals surface area contributed by atoms with Crippen molar-refractivity contribution in [2.24, 2.45) is 12.8 Å². The molecular formula is C11H13N5S. The van der Waals surface area contributed by atoms with Crippen molar-refractivity contribution >= 4 is 17.6 Å². The van der Waals surface area contributed by atoms with Gasteiger partial charge in [-0.2, -0.15) is 5.10 Å². The van der Waals surface area contributed by atoms with E-state index in [0.29, 0.717) is 5.56 Å². The molecule has 0 aliphatic rings. The summed E-state index contributed by atoms with van der Waals surface area (Å²) in [5.74, 6) is 0.0273. The third kappa shape index (κ3) is 2.47. The minimum Gasteiger partial charge on any atom is -0.384 e. The Bertz CT molecular complexity index is 561. The highest BCUT2D eigenvalue weighted by molar-refractivity contribution is 7.99. The van der Waals surface area contributed by atoms with Crippen LogP contribution >= 0.6 is 11.8 Å². The fraction of sp³-hybridized carbons (Fsp3) is 0.182. The third-order valence-corrected chi connectivity index (χ3v) is 3.33. The van der Waals surface area contributed by atoms with E-state index >= 15 is 0 Å². The maximum atomic E-state index is 7.50. The van der Waals surface area contributed by atoms with Crippen molar-refractivity contribution in [3.63, 3.8) is 0 Å². The second kappa shape index (κ2) is 4.58. The molecule has 2 rings (SSSR count). The molecule has 2 aromatic heterocycles. The Morgan fingerprint density at radius 2 is 2.29 bits per heavy atom. The van der Waals surface area contributed by atoms with Crippen LogP contribution in [0.25, 0.3) is 0 Å². The lowest BCUT2D eigenvalue weighted by Gasteiger charge is -2.05. The predicted molar refractivity (Wildman–Crippen MR) is 67.3 cm³/mol. The molecule has 0 saturated heterocycles. The summed E-state index contributed by atoms with van der Waals surface area (Å²) in [6.07, 6.45) is 1.69. The van der Waals surface area contributed by atoms with Crippen LogP contribution in [0.15, 0.2) is 34.4 Å². The standard InChI is InChI=1S/C11H13N5S/c1-7-6-9(16(2)15-7)17-11-8(10(12)13)4-3-5-14-11/h3-6H,1-2H3,(H3,12,13). The van der Waals surface area contributed by atoms with E-state index in [-0.39, 0.29) is 5.84 Å². The molecule has 6 heteroatoms. The molecule has 0 atom stereocenters. The Hall–Kier alpha value is -1.82. The summed E-state index contributed by atoms with van der Waals surface area (Å²) in [4.78, 5) is 4.25. The lowest BCUT2D eigenvalue weighted by Crippen LogP contribution is -2.12. The van der Waals surface area contributed by atoms with Crippen LogP contribution in [0.5, 0.6) is 0 Å². The van der Waals surface area contributed by atoms with Crippen molar-refractivity contribution in [3.8, 4) is 0 Å². The first-order valence-electron chi connectivity index (χ1n) is 5.06. The van der Waals surface area contributed by atoms with E-state index in [1.54, 1.807) is 23.0 Å². The van der Waals surface area contributed by atoms with Crippen LogP contribution < -0.4 is 5.73 Å². The summed E-state index contributed by atoms with van der Waals surface area (Å²) < 4.78 is 1.79. The molecule has 88 valence electrons. The summed E-state index contributed by atoms with van der Waals surface area (Å²) in [6, 6.07) is 5.54. The van der Waals surface area contributed by atoms with E-state index < -0.39 is 0 Å². The van der Waals surface area contributed by atoms with Crippen LogP contribution in [0, 0.1) is 12.3 Å². The van der Waals surface area contributed by atoms with Crippen LogP contribution in [0.4, 0.5) is 0 Å². The Morgan fingerprint density at radius 1 is 1.53 bits per heavy atom. The highest BCUT2D eigenvalue weighted by Gasteiger charge is 2.10. The van der Waals surface area contributed by atoms with Gasteiger partial charge in [0.25, 0.3) is 0 Å². The van der Waals surface area contributed by atoms with Gasteiger partial charge in [0, 0.05) is 18.8 Å². The second-order valence-corrected chi connectivity index (χ2v) is 4.63. The first kappa shape index (κ1) is 11.7. The molecule has 0 fully saturated rings. The molecule has 0 amide bonds. The quantitative estimate of drug-likeness (QED) is 0.637. The van der Waals surface area contributed by atoms with Gasteiger partial charge in [-0.15, -0.1) is 0 Å². The minimum absolute atomic E-state index is 0.0273. The average molecular weight is 247 g/mol. The molecule has 2 heterocycles. The molecule has 2 aromatic rings. The van der Waals surface area contributed by atoms with E-state index in [0.717, 1.165) is 15.7 Å². The first-order valence-corrected chi connectivity index (χ1v) is 5.87. The highest BCUT2D eigenvalue weighted by atomic mass is 32.2. The Morgan fingerprint density at radius 3 is 2.88 bits per heavy atom. The van der Waals surface area contributed by atoms with Crippen molar-refractivity contribution in [2.45, 2.75) is 17.0 Å². The van der Waals surface area contributed by atoms with Crippen molar-refractivity contribution < 1.29 is 0 Å². The molecule has 3 N–H and O–H groups in total. The molecule has 0 aliphatic carbocycles. The van der Waals surface area contributed by atoms with E-state index in [1.165, 1.54) is 11.8 Å². The molecule has 0 radical (unpaired) electrons. The third-order valence-electron chi connectivity index (χ3n) is 2.22. The van der Waals surface area contributed by atoms with E-state index in [4.69, 9.17) is 11.1 Å². The van der Waals surface area contributed by atoms with Gasteiger partial charge in [0.1, 0.15) is 15.9 Å². The fourth-order valence-electron chi connectivity index (χ4n) is 1.46. The number of nitrogens with one attached hydrogen (secondary N) is 1. The first-order chi connectivity index (χ1) is 8.08. The van der Waals surface area contributed by atoms with Gasteiger partial charge in [-0.1, -0.05) is 0 Å². The summed E-state index contributed by atoms with van der Waals surface area (Å²) in [5, 5.41) is 13.5. The van der Waals surface area contributed by atoms with Crippen LogP contribution in [0.2, 0.25) is 0 Å². The predicted octanol–water partition coefficient (Wildman–Crippen LogP) is 1.56. The monoisotopic (exact) mass is 247 g/mol. The minimum atomic E-state index is 0.0273.